The number of hydrogen-bond acceptors (Lipinski definition) is 13. The van der Waals surface area contributed by atoms with E-state index >= 15 is 0 Å². The Bertz CT molecular complexity index is 1580. The number of imidazole rings is 1. The van der Waals surface area contributed by atoms with Crippen LogP contribution in [-0.4, -0.2) is 73.7 Å². The number of hydrogen-bond donors (Lipinski definition) is 3. The second-order valence-electron chi connectivity index (χ2n) is 11.1. The lowest BCUT2D eigenvalue weighted by atomic mass is 9.93. The van der Waals surface area contributed by atoms with Crippen molar-refractivity contribution in [3.63, 3.8) is 0 Å². The van der Waals surface area contributed by atoms with Crippen LogP contribution in [-0.2, 0) is 23.4 Å². The molecule has 3 aromatic rings. The molecule has 1 aliphatic rings. The van der Waals surface area contributed by atoms with Gasteiger partial charge in [0, 0.05) is 4.91 Å². The number of nitrogen functional groups attached to an aromatic ring is 1. The summed E-state index contributed by atoms with van der Waals surface area (Å²) in [5.74, 6) is -0.775. The van der Waals surface area contributed by atoms with E-state index in [2.05, 4.69) is 30.1 Å². The molecule has 0 aliphatic carbocycles. The van der Waals surface area contributed by atoms with Gasteiger partial charge >= 0.3 is 13.7 Å². The molecule has 6 unspecified atom stereocenters. The lowest BCUT2D eigenvalue weighted by Gasteiger charge is -2.28. The van der Waals surface area contributed by atoms with Crippen molar-refractivity contribution >= 4 is 30.8 Å². The van der Waals surface area contributed by atoms with Crippen LogP contribution in [0.2, 0.25) is 0 Å². The number of carbonyl (C=O) groups is 1. The minimum absolute atomic E-state index is 0.0996. The highest BCUT2D eigenvalue weighted by molar-refractivity contribution is 7.52. The quantitative estimate of drug-likeness (QED) is 0.0741. The number of nitrogens with zero attached hydrogens (tertiary/aromatic N) is 7. The van der Waals surface area contributed by atoms with Crippen LogP contribution in [0.5, 0.6) is 11.6 Å². The summed E-state index contributed by atoms with van der Waals surface area (Å²) in [6.45, 7) is 9.92. The number of aromatic nitrogens is 4. The van der Waals surface area contributed by atoms with Gasteiger partial charge in [0.25, 0.3) is 0 Å². The van der Waals surface area contributed by atoms with E-state index < -0.39 is 56.4 Å². The van der Waals surface area contributed by atoms with Gasteiger partial charge < -0.3 is 29.6 Å². The fourth-order valence-electron chi connectivity index (χ4n) is 4.73. The van der Waals surface area contributed by atoms with Crippen molar-refractivity contribution in [2.75, 3.05) is 18.9 Å². The third-order valence-corrected chi connectivity index (χ3v) is 8.44. The summed E-state index contributed by atoms with van der Waals surface area (Å²) in [5, 5.41) is 18.0. The maximum atomic E-state index is 14.2. The lowest BCUT2D eigenvalue weighted by Crippen LogP contribution is -2.44. The fraction of sp³-hybridized carbons (Fsp3) is 0.556. The fourth-order valence-corrected chi connectivity index (χ4v) is 6.40. The number of ether oxygens (including phenoxy) is 3. The van der Waals surface area contributed by atoms with Crippen molar-refractivity contribution < 1.29 is 37.7 Å². The maximum Gasteiger partial charge on any atom is 0.459 e. The highest BCUT2D eigenvalue weighted by Gasteiger charge is 2.55. The molecule has 2 aromatic heterocycles. The third kappa shape index (κ3) is 7.47. The molecule has 18 heteroatoms. The summed E-state index contributed by atoms with van der Waals surface area (Å²) >= 11 is 0. The van der Waals surface area contributed by atoms with E-state index in [-0.39, 0.29) is 34.7 Å². The van der Waals surface area contributed by atoms with Crippen molar-refractivity contribution in [3.05, 3.63) is 47.1 Å². The molecule has 1 saturated heterocycles. The molecule has 17 nitrogen and oxygen atoms in total. The van der Waals surface area contributed by atoms with Crippen molar-refractivity contribution in [1.29, 1.82) is 0 Å². The van der Waals surface area contributed by atoms with Crippen molar-refractivity contribution in [2.45, 2.75) is 77.7 Å². The molecular formula is C27H38N9O8P. The highest BCUT2D eigenvalue weighted by Crippen LogP contribution is 2.48. The van der Waals surface area contributed by atoms with Gasteiger partial charge in [-0.3, -0.25) is 13.9 Å². The Kier molecular flexibility index (Phi) is 10.5. The second-order valence-corrected chi connectivity index (χ2v) is 12.8. The first-order chi connectivity index (χ1) is 21.3. The van der Waals surface area contributed by atoms with Gasteiger partial charge in [0.05, 0.1) is 31.7 Å². The molecule has 1 aliphatic heterocycles. The topological polar surface area (TPSA) is 231 Å². The molecule has 3 heterocycles. The smallest absolute Gasteiger partial charge is 0.459 e. The normalized spacial score (nSPS) is 23.4. The number of anilines is 1. The summed E-state index contributed by atoms with van der Waals surface area (Å²) in [7, 11) is -4.34. The van der Waals surface area contributed by atoms with Crippen LogP contribution in [0.15, 0.2) is 41.8 Å². The molecule has 4 rings (SSSR count). The van der Waals surface area contributed by atoms with Crippen molar-refractivity contribution in [3.8, 4) is 11.6 Å². The number of para-hydroxylation sites is 1. The summed E-state index contributed by atoms with van der Waals surface area (Å²) < 4.78 is 44.3. The van der Waals surface area contributed by atoms with Gasteiger partial charge in [-0.15, -0.1) is 0 Å². The van der Waals surface area contributed by atoms with Gasteiger partial charge in [0.1, 0.15) is 23.4 Å². The molecule has 244 valence electrons. The first-order valence-electron chi connectivity index (χ1n) is 14.3. The molecule has 0 bridgehead atoms. The number of fused-ring (bicyclic) bond motifs is 1. The lowest BCUT2D eigenvalue weighted by molar-refractivity contribution is -0.150. The van der Waals surface area contributed by atoms with Crippen molar-refractivity contribution in [2.24, 2.45) is 11.0 Å². The molecule has 6 atom stereocenters. The minimum atomic E-state index is -4.34. The zero-order valence-corrected chi connectivity index (χ0v) is 26.7. The van der Waals surface area contributed by atoms with E-state index in [0.29, 0.717) is 6.61 Å². The number of azide groups is 1. The summed E-state index contributed by atoms with van der Waals surface area (Å²) in [4.78, 5) is 28.5. The van der Waals surface area contributed by atoms with Crippen LogP contribution in [0.1, 0.15) is 47.8 Å². The maximum absolute atomic E-state index is 14.2. The molecule has 0 amide bonds. The average Bonchev–Trinajstić information content (AvgIpc) is 3.49. The third-order valence-electron chi connectivity index (χ3n) is 6.90. The van der Waals surface area contributed by atoms with E-state index in [1.165, 1.54) is 17.8 Å². The van der Waals surface area contributed by atoms with E-state index in [1.54, 1.807) is 65.0 Å². The van der Waals surface area contributed by atoms with Gasteiger partial charge in [-0.25, -0.2) is 9.55 Å². The molecule has 0 spiro atoms. The van der Waals surface area contributed by atoms with Crippen LogP contribution in [0.3, 0.4) is 0 Å². The standard InChI is InChI=1S/C27H38N9O8P/c1-7-40-23-20-22(31-26(28)32-23)36(14-30-20)25-27(6,34-35-29)21(37)18(43-25)13-41-45(39,44-17-11-9-8-10-12-17)33-19(15(2)3)24(38)42-16(4)5/h8-12,14-16,18-19,21,25,37H,7,13H2,1-6H3,(H,33,39)(H2,28,31,32). The SMILES string of the molecule is CCOc1nc(N)nc2c1ncn2C1OC(COP(=O)(NC(C(=O)OC(C)C)C(C)C)Oc2ccccc2)C(O)C1(C)N=[N+]=[N-]. The molecular weight excluding hydrogens is 609 g/mol. The van der Waals surface area contributed by atoms with Crippen LogP contribution in [0, 0.1) is 5.92 Å². The van der Waals surface area contributed by atoms with E-state index in [9.17, 15) is 20.0 Å². The number of nitrogens with one attached hydrogen (secondary N) is 1. The van der Waals surface area contributed by atoms with Gasteiger partial charge in [-0.05, 0) is 51.3 Å². The first kappa shape index (κ1) is 33.9. The molecule has 4 N–H and O–H groups in total. The van der Waals surface area contributed by atoms with E-state index in [1.807, 2.05) is 0 Å². The zero-order chi connectivity index (χ0) is 32.9. The monoisotopic (exact) mass is 647 g/mol. The van der Waals surface area contributed by atoms with Crippen LogP contribution >= 0.6 is 7.75 Å². The summed E-state index contributed by atoms with van der Waals surface area (Å²) in [6, 6.07) is 7.17. The summed E-state index contributed by atoms with van der Waals surface area (Å²) in [6.07, 6.45) is -2.90. The predicted octanol–water partition coefficient (Wildman–Crippen LogP) is 3.90. The molecule has 0 saturated carbocycles. The second kappa shape index (κ2) is 14.0. The Morgan fingerprint density at radius 2 is 2.00 bits per heavy atom. The highest BCUT2D eigenvalue weighted by atomic mass is 31.2. The van der Waals surface area contributed by atoms with Gasteiger partial charge in [0.2, 0.25) is 11.8 Å². The van der Waals surface area contributed by atoms with Gasteiger partial charge in [-0.1, -0.05) is 37.2 Å². The zero-order valence-electron chi connectivity index (χ0n) is 25.8. The Hall–Kier alpha value is -3.98. The van der Waals surface area contributed by atoms with Crippen LogP contribution in [0.25, 0.3) is 21.6 Å². The molecule has 45 heavy (non-hydrogen) atoms. The summed E-state index contributed by atoms with van der Waals surface area (Å²) in [5.41, 5.74) is 14.2. The number of esters is 1. The molecule has 1 aromatic carbocycles. The molecule has 1 fully saturated rings. The Balaban J connectivity index is 1.66. The van der Waals surface area contributed by atoms with Gasteiger partial charge in [-0.2, -0.15) is 15.1 Å². The Labute approximate surface area is 259 Å². The first-order valence-corrected chi connectivity index (χ1v) is 15.9. The number of rotatable bonds is 14. The largest absolute Gasteiger partial charge is 0.476 e. The van der Waals surface area contributed by atoms with E-state index in [0.717, 1.165) is 0 Å². The average molecular weight is 648 g/mol. The number of aliphatic hydroxyl groups is 1. The Morgan fingerprint density at radius 3 is 2.62 bits per heavy atom. The van der Waals surface area contributed by atoms with Crippen LogP contribution in [0.4, 0.5) is 5.95 Å². The number of benzene rings is 1. The number of carbonyl (C=O) groups excluding carboxylic acids is 1. The number of aliphatic hydroxyl groups excluding tert-OH is 1. The van der Waals surface area contributed by atoms with E-state index in [4.69, 9.17) is 29.0 Å². The van der Waals surface area contributed by atoms with Crippen molar-refractivity contribution in [1.82, 2.24) is 24.6 Å². The van der Waals surface area contributed by atoms with Crippen LogP contribution < -0.4 is 20.1 Å². The predicted molar refractivity (Wildman–Crippen MR) is 162 cm³/mol. The Morgan fingerprint density at radius 1 is 1.29 bits per heavy atom. The van der Waals surface area contributed by atoms with Gasteiger partial charge in [0.15, 0.2) is 17.4 Å². The molecule has 0 radical (unpaired) electrons. The number of nitrogens with two attached hydrogens (primary N) is 1. The minimum Gasteiger partial charge on any atom is -0.476 e.